The van der Waals surface area contributed by atoms with Crippen LogP contribution in [0.1, 0.15) is 12.8 Å². The van der Waals surface area contributed by atoms with Gasteiger partial charge in [0.1, 0.15) is 0 Å². The highest BCUT2D eigenvalue weighted by molar-refractivity contribution is 7.99. The Bertz CT molecular complexity index is 629. The molecule has 0 bridgehead atoms. The summed E-state index contributed by atoms with van der Waals surface area (Å²) in [5.74, 6) is 0.771. The number of nitrogens with one attached hydrogen (secondary N) is 1. The highest BCUT2D eigenvalue weighted by Crippen LogP contribution is 2.23. The van der Waals surface area contributed by atoms with E-state index in [0.29, 0.717) is 22.8 Å². The van der Waals surface area contributed by atoms with Gasteiger partial charge in [-0.2, -0.15) is 0 Å². The molecule has 3 N–H and O–H groups in total. The molecule has 2 rings (SSSR count). The van der Waals surface area contributed by atoms with E-state index >= 15 is 0 Å². The number of rotatable bonds is 6. The van der Waals surface area contributed by atoms with Crippen LogP contribution in [0.15, 0.2) is 35.7 Å². The number of anilines is 2. The van der Waals surface area contributed by atoms with Gasteiger partial charge in [0.2, 0.25) is 5.91 Å². The van der Waals surface area contributed by atoms with Crippen molar-refractivity contribution in [3.63, 3.8) is 0 Å². The van der Waals surface area contributed by atoms with Gasteiger partial charge in [0.05, 0.1) is 11.4 Å². The summed E-state index contributed by atoms with van der Waals surface area (Å²) in [6, 6.07) is 5.02. The number of amides is 1. The molecular weight excluding hydrogens is 308 g/mol. The third-order valence-electron chi connectivity index (χ3n) is 2.85. The summed E-state index contributed by atoms with van der Waals surface area (Å²) in [5.41, 5.74) is 6.85. The number of nitrogens with two attached hydrogens (primary N) is 1. The fourth-order valence-electron chi connectivity index (χ4n) is 1.74. The van der Waals surface area contributed by atoms with Crippen molar-refractivity contribution in [3.8, 4) is 0 Å². The molecule has 0 spiro atoms. The number of benzene rings is 1. The third kappa shape index (κ3) is 4.68. The minimum atomic E-state index is -0.0654. The van der Waals surface area contributed by atoms with Gasteiger partial charge in [0.15, 0.2) is 5.16 Å². The van der Waals surface area contributed by atoms with E-state index in [-0.39, 0.29) is 5.91 Å². The van der Waals surface area contributed by atoms with E-state index in [4.69, 9.17) is 17.3 Å². The van der Waals surface area contributed by atoms with E-state index in [1.807, 2.05) is 17.8 Å². The van der Waals surface area contributed by atoms with Crippen molar-refractivity contribution < 1.29 is 4.79 Å². The average Bonchev–Trinajstić information content (AvgIpc) is 2.84. The largest absolute Gasteiger partial charge is 0.397 e. The maximum atomic E-state index is 11.9. The molecule has 1 amide bonds. The van der Waals surface area contributed by atoms with Crippen LogP contribution in [0.4, 0.5) is 11.4 Å². The summed E-state index contributed by atoms with van der Waals surface area (Å²) in [6.45, 7) is 0. The van der Waals surface area contributed by atoms with Gasteiger partial charge in [-0.15, -0.1) is 0 Å². The van der Waals surface area contributed by atoms with Crippen LogP contribution in [0, 0.1) is 0 Å². The first-order valence-electron chi connectivity index (χ1n) is 6.51. The van der Waals surface area contributed by atoms with E-state index in [9.17, 15) is 4.79 Å². The Labute approximate surface area is 132 Å². The molecule has 7 heteroatoms. The van der Waals surface area contributed by atoms with E-state index in [1.165, 1.54) is 0 Å². The minimum Gasteiger partial charge on any atom is -0.397 e. The van der Waals surface area contributed by atoms with Crippen LogP contribution in [0.2, 0.25) is 5.02 Å². The molecule has 1 heterocycles. The van der Waals surface area contributed by atoms with Crippen LogP contribution in [-0.2, 0) is 11.8 Å². The first kappa shape index (κ1) is 15.7. The number of carbonyl (C=O) groups is 1. The Morgan fingerprint density at radius 3 is 3.05 bits per heavy atom. The zero-order valence-electron chi connectivity index (χ0n) is 11.7. The predicted molar refractivity (Wildman–Crippen MR) is 87.7 cm³/mol. The molecule has 0 atom stereocenters. The number of imidazole rings is 1. The lowest BCUT2D eigenvalue weighted by molar-refractivity contribution is -0.116. The average molecular weight is 325 g/mol. The molecule has 0 unspecified atom stereocenters. The lowest BCUT2D eigenvalue weighted by Crippen LogP contribution is -2.12. The van der Waals surface area contributed by atoms with E-state index < -0.39 is 0 Å². The molecule has 21 heavy (non-hydrogen) atoms. The Morgan fingerprint density at radius 2 is 2.33 bits per heavy atom. The number of nitrogen functional groups attached to an aromatic ring is 1. The standard InChI is InChI=1S/C14H17ClN4OS/c1-19-7-6-17-14(19)21-8-2-3-13(20)18-12-9-10(15)4-5-11(12)16/h4-7,9H,2-3,8,16H2,1H3,(H,18,20). The topological polar surface area (TPSA) is 72.9 Å². The number of aromatic nitrogens is 2. The molecule has 0 saturated carbocycles. The maximum absolute atomic E-state index is 11.9. The number of hydrogen-bond donors (Lipinski definition) is 2. The first-order chi connectivity index (χ1) is 10.1. The summed E-state index contributed by atoms with van der Waals surface area (Å²) >= 11 is 7.51. The van der Waals surface area contributed by atoms with Gasteiger partial charge in [0.25, 0.3) is 0 Å². The summed E-state index contributed by atoms with van der Waals surface area (Å²) in [6.07, 6.45) is 4.86. The number of aryl methyl sites for hydroxylation is 1. The molecule has 2 aromatic rings. The second kappa shape index (κ2) is 7.38. The van der Waals surface area contributed by atoms with Crippen LogP contribution >= 0.6 is 23.4 Å². The minimum absolute atomic E-state index is 0.0654. The van der Waals surface area contributed by atoms with Crippen molar-refractivity contribution in [1.29, 1.82) is 0 Å². The Morgan fingerprint density at radius 1 is 1.52 bits per heavy atom. The van der Waals surface area contributed by atoms with E-state index in [1.54, 1.807) is 36.2 Å². The van der Waals surface area contributed by atoms with Crippen molar-refractivity contribution in [3.05, 3.63) is 35.6 Å². The first-order valence-corrected chi connectivity index (χ1v) is 7.87. The molecule has 1 aromatic heterocycles. The van der Waals surface area contributed by atoms with Crippen LogP contribution < -0.4 is 11.1 Å². The van der Waals surface area contributed by atoms with Gasteiger partial charge in [-0.05, 0) is 24.6 Å². The molecule has 1 aromatic carbocycles. The second-order valence-electron chi connectivity index (χ2n) is 4.55. The van der Waals surface area contributed by atoms with Crippen LogP contribution in [0.3, 0.4) is 0 Å². The zero-order valence-corrected chi connectivity index (χ0v) is 13.2. The highest BCUT2D eigenvalue weighted by Gasteiger charge is 2.07. The van der Waals surface area contributed by atoms with Crippen LogP contribution in [0.25, 0.3) is 0 Å². The summed E-state index contributed by atoms with van der Waals surface area (Å²) in [7, 11) is 1.95. The van der Waals surface area contributed by atoms with Crippen LogP contribution in [0.5, 0.6) is 0 Å². The van der Waals surface area contributed by atoms with Crippen molar-refractivity contribution in [1.82, 2.24) is 9.55 Å². The third-order valence-corrected chi connectivity index (χ3v) is 4.23. The monoisotopic (exact) mass is 324 g/mol. The van der Waals surface area contributed by atoms with Crippen molar-refractivity contribution >= 4 is 40.6 Å². The molecule has 112 valence electrons. The van der Waals surface area contributed by atoms with Gasteiger partial charge in [-0.3, -0.25) is 4.79 Å². The Hall–Kier alpha value is -1.66. The molecule has 0 radical (unpaired) electrons. The number of nitrogens with zero attached hydrogens (tertiary/aromatic N) is 2. The summed E-state index contributed by atoms with van der Waals surface area (Å²) in [4.78, 5) is 16.1. The molecule has 0 aliphatic carbocycles. The van der Waals surface area contributed by atoms with Gasteiger partial charge >= 0.3 is 0 Å². The summed E-state index contributed by atoms with van der Waals surface area (Å²) in [5, 5.41) is 4.28. The van der Waals surface area contributed by atoms with E-state index in [0.717, 1.165) is 17.3 Å². The fraction of sp³-hybridized carbons (Fsp3) is 0.286. The number of thioether (sulfide) groups is 1. The molecule has 0 saturated heterocycles. The normalized spacial score (nSPS) is 10.6. The van der Waals surface area contributed by atoms with Gasteiger partial charge < -0.3 is 15.6 Å². The molecular formula is C14H17ClN4OS. The van der Waals surface area contributed by atoms with E-state index in [2.05, 4.69) is 10.3 Å². The van der Waals surface area contributed by atoms with Crippen LogP contribution in [-0.4, -0.2) is 21.2 Å². The number of carbonyl (C=O) groups excluding carboxylic acids is 1. The van der Waals surface area contributed by atoms with Crippen molar-refractivity contribution in [2.24, 2.45) is 7.05 Å². The zero-order chi connectivity index (χ0) is 15.2. The Balaban J connectivity index is 1.75. The highest BCUT2D eigenvalue weighted by atomic mass is 35.5. The maximum Gasteiger partial charge on any atom is 0.224 e. The molecule has 0 fully saturated rings. The Kier molecular flexibility index (Phi) is 5.52. The number of halogens is 1. The smallest absolute Gasteiger partial charge is 0.224 e. The molecule has 0 aliphatic rings. The summed E-state index contributed by atoms with van der Waals surface area (Å²) < 4.78 is 1.96. The predicted octanol–water partition coefficient (Wildman–Crippen LogP) is 3.17. The SMILES string of the molecule is Cn1ccnc1SCCCC(=O)Nc1cc(Cl)ccc1N. The number of hydrogen-bond acceptors (Lipinski definition) is 4. The molecule has 0 aliphatic heterocycles. The lowest BCUT2D eigenvalue weighted by atomic mass is 10.2. The van der Waals surface area contributed by atoms with Gasteiger partial charge in [-0.25, -0.2) is 4.98 Å². The van der Waals surface area contributed by atoms with Crippen molar-refractivity contribution in [2.75, 3.05) is 16.8 Å². The quantitative estimate of drug-likeness (QED) is 0.486. The van der Waals surface area contributed by atoms with Crippen molar-refractivity contribution in [2.45, 2.75) is 18.0 Å². The van der Waals surface area contributed by atoms with Gasteiger partial charge in [0, 0.05) is 36.6 Å². The lowest BCUT2D eigenvalue weighted by Gasteiger charge is -2.08. The van der Waals surface area contributed by atoms with Gasteiger partial charge in [-0.1, -0.05) is 23.4 Å². The fourth-order valence-corrected chi connectivity index (χ4v) is 2.78. The second-order valence-corrected chi connectivity index (χ2v) is 6.05. The molecule has 5 nitrogen and oxygen atoms in total.